The molecule has 1 aliphatic heterocycles. The number of carbonyl (C=O) groups is 1. The van der Waals surface area contributed by atoms with Gasteiger partial charge in [-0.3, -0.25) is 14.2 Å². The van der Waals surface area contributed by atoms with Crippen LogP contribution in [0, 0.1) is 19.8 Å². The van der Waals surface area contributed by atoms with Crippen LogP contribution in [0.3, 0.4) is 0 Å². The third kappa shape index (κ3) is 3.49. The molecule has 0 saturated carbocycles. The first-order chi connectivity index (χ1) is 12.4. The minimum absolute atomic E-state index is 0.0341. The highest BCUT2D eigenvalue weighted by molar-refractivity contribution is 7.99. The van der Waals surface area contributed by atoms with Gasteiger partial charge in [0.2, 0.25) is 5.91 Å². The molecular formula is C19H23N3O3S. The maximum Gasteiger partial charge on any atom is 0.257 e. The number of rotatable bonds is 4. The molecule has 1 N–H and O–H groups in total. The second-order valence-corrected chi connectivity index (χ2v) is 7.42. The van der Waals surface area contributed by atoms with Gasteiger partial charge in [0.15, 0.2) is 5.16 Å². The van der Waals surface area contributed by atoms with Gasteiger partial charge in [-0.2, -0.15) is 0 Å². The number of anilines is 1. The SMILES string of the molecule is CCc1c(C)nc2n(c1=O)CC(C(=O)Nc1cc(C)ccc1OC)CS2. The summed E-state index contributed by atoms with van der Waals surface area (Å²) >= 11 is 1.46. The molecule has 6 nitrogen and oxygen atoms in total. The predicted octanol–water partition coefficient (Wildman–Crippen LogP) is 2.79. The number of hydrogen-bond donors (Lipinski definition) is 1. The molecule has 0 aliphatic carbocycles. The fourth-order valence-corrected chi connectivity index (χ4v) is 4.24. The first kappa shape index (κ1) is 18.5. The molecular weight excluding hydrogens is 350 g/mol. The summed E-state index contributed by atoms with van der Waals surface area (Å²) < 4.78 is 6.96. The molecule has 2 aromatic rings. The zero-order valence-corrected chi connectivity index (χ0v) is 16.3. The number of nitrogens with one attached hydrogen (secondary N) is 1. The van der Waals surface area contributed by atoms with E-state index in [1.165, 1.54) is 11.8 Å². The zero-order chi connectivity index (χ0) is 18.8. The number of methoxy groups -OCH3 is 1. The van der Waals surface area contributed by atoms with Crippen molar-refractivity contribution in [2.75, 3.05) is 18.2 Å². The largest absolute Gasteiger partial charge is 0.495 e. The van der Waals surface area contributed by atoms with E-state index in [9.17, 15) is 9.59 Å². The van der Waals surface area contributed by atoms with Gasteiger partial charge in [-0.05, 0) is 38.0 Å². The second-order valence-electron chi connectivity index (χ2n) is 6.43. The molecule has 0 fully saturated rings. The molecule has 0 spiro atoms. The van der Waals surface area contributed by atoms with Crippen molar-refractivity contribution in [2.24, 2.45) is 5.92 Å². The Morgan fingerprint density at radius 3 is 2.88 bits per heavy atom. The highest BCUT2D eigenvalue weighted by Crippen LogP contribution is 2.29. The van der Waals surface area contributed by atoms with E-state index in [-0.39, 0.29) is 17.4 Å². The quantitative estimate of drug-likeness (QED) is 0.835. The number of amides is 1. The summed E-state index contributed by atoms with van der Waals surface area (Å²) in [4.78, 5) is 30.0. The third-order valence-corrected chi connectivity index (χ3v) is 5.73. The topological polar surface area (TPSA) is 73.2 Å². The van der Waals surface area contributed by atoms with Gasteiger partial charge < -0.3 is 10.1 Å². The number of carbonyl (C=O) groups excluding carboxylic acids is 1. The third-order valence-electron chi connectivity index (χ3n) is 4.59. The second kappa shape index (κ2) is 7.53. The van der Waals surface area contributed by atoms with Crippen LogP contribution in [-0.4, -0.2) is 28.3 Å². The van der Waals surface area contributed by atoms with Crippen LogP contribution in [-0.2, 0) is 17.8 Å². The summed E-state index contributed by atoms with van der Waals surface area (Å²) in [6, 6.07) is 5.65. The van der Waals surface area contributed by atoms with Gasteiger partial charge in [0.05, 0.1) is 18.7 Å². The summed E-state index contributed by atoms with van der Waals surface area (Å²) in [7, 11) is 1.58. The molecule has 1 amide bonds. The van der Waals surface area contributed by atoms with Crippen molar-refractivity contribution in [1.82, 2.24) is 9.55 Å². The van der Waals surface area contributed by atoms with Crippen LogP contribution in [0.2, 0.25) is 0 Å². The number of hydrogen-bond acceptors (Lipinski definition) is 5. The highest BCUT2D eigenvalue weighted by Gasteiger charge is 2.28. The van der Waals surface area contributed by atoms with Gasteiger partial charge in [0.25, 0.3) is 5.56 Å². The van der Waals surface area contributed by atoms with Crippen molar-refractivity contribution in [2.45, 2.75) is 38.9 Å². The smallest absolute Gasteiger partial charge is 0.257 e. The zero-order valence-electron chi connectivity index (χ0n) is 15.5. The number of thioether (sulfide) groups is 1. The van der Waals surface area contributed by atoms with Crippen LogP contribution in [0.5, 0.6) is 5.75 Å². The van der Waals surface area contributed by atoms with Gasteiger partial charge in [-0.15, -0.1) is 0 Å². The highest BCUT2D eigenvalue weighted by atomic mass is 32.2. The molecule has 0 saturated heterocycles. The van der Waals surface area contributed by atoms with E-state index < -0.39 is 0 Å². The summed E-state index contributed by atoms with van der Waals surface area (Å²) in [5, 5.41) is 3.65. The monoisotopic (exact) mass is 373 g/mol. The van der Waals surface area contributed by atoms with Crippen LogP contribution in [0.4, 0.5) is 5.69 Å². The standard InChI is InChI=1S/C19H23N3O3S/c1-5-14-12(3)20-19-22(18(14)24)9-13(10-26-19)17(23)21-15-8-11(2)6-7-16(15)25-4/h6-8,13H,5,9-10H2,1-4H3,(H,21,23). The van der Waals surface area contributed by atoms with Gasteiger partial charge in [0.1, 0.15) is 5.75 Å². The summed E-state index contributed by atoms with van der Waals surface area (Å²) in [6.07, 6.45) is 0.639. The molecule has 7 heteroatoms. The Balaban J connectivity index is 1.84. The van der Waals surface area contributed by atoms with Crippen molar-refractivity contribution >= 4 is 23.4 Å². The summed E-state index contributed by atoms with van der Waals surface area (Å²) in [5.41, 5.74) is 3.15. The molecule has 1 unspecified atom stereocenters. The van der Waals surface area contributed by atoms with Gasteiger partial charge in [0, 0.05) is 23.6 Å². The molecule has 1 atom stereocenters. The van der Waals surface area contributed by atoms with E-state index in [4.69, 9.17) is 4.74 Å². The van der Waals surface area contributed by atoms with E-state index in [2.05, 4.69) is 10.3 Å². The van der Waals surface area contributed by atoms with Crippen molar-refractivity contribution in [1.29, 1.82) is 0 Å². The van der Waals surface area contributed by atoms with Crippen LogP contribution in [0.1, 0.15) is 23.7 Å². The Bertz CT molecular complexity index is 908. The molecule has 3 rings (SSSR count). The predicted molar refractivity (Wildman–Crippen MR) is 103 cm³/mol. The van der Waals surface area contributed by atoms with Crippen LogP contribution in [0.15, 0.2) is 28.2 Å². The molecule has 1 aromatic carbocycles. The number of fused-ring (bicyclic) bond motifs is 1. The number of aryl methyl sites for hydroxylation is 2. The maximum atomic E-state index is 12.8. The fraction of sp³-hybridized carbons (Fsp3) is 0.421. The van der Waals surface area contributed by atoms with Crippen molar-refractivity contribution < 1.29 is 9.53 Å². The fourth-order valence-electron chi connectivity index (χ4n) is 3.12. The lowest BCUT2D eigenvalue weighted by atomic mass is 10.1. The first-order valence-electron chi connectivity index (χ1n) is 8.63. The molecule has 0 radical (unpaired) electrons. The molecule has 1 aromatic heterocycles. The number of benzene rings is 1. The lowest BCUT2D eigenvalue weighted by Gasteiger charge is -2.25. The Morgan fingerprint density at radius 2 is 2.19 bits per heavy atom. The lowest BCUT2D eigenvalue weighted by Crippen LogP contribution is -2.38. The number of nitrogens with zero attached hydrogens (tertiary/aromatic N) is 2. The Labute approximate surface area is 157 Å². The van der Waals surface area contributed by atoms with Gasteiger partial charge >= 0.3 is 0 Å². The Hall–Kier alpha value is -2.28. The lowest BCUT2D eigenvalue weighted by molar-refractivity contribution is -0.119. The van der Waals surface area contributed by atoms with Crippen molar-refractivity contribution in [3.63, 3.8) is 0 Å². The Morgan fingerprint density at radius 1 is 1.42 bits per heavy atom. The van der Waals surface area contributed by atoms with E-state index in [0.717, 1.165) is 16.8 Å². The van der Waals surface area contributed by atoms with E-state index in [0.29, 0.717) is 35.3 Å². The summed E-state index contributed by atoms with van der Waals surface area (Å²) in [6.45, 7) is 6.12. The van der Waals surface area contributed by atoms with E-state index >= 15 is 0 Å². The molecule has 26 heavy (non-hydrogen) atoms. The molecule has 0 bridgehead atoms. The first-order valence-corrected chi connectivity index (χ1v) is 9.61. The minimum Gasteiger partial charge on any atom is -0.495 e. The van der Waals surface area contributed by atoms with E-state index in [1.54, 1.807) is 11.7 Å². The maximum absolute atomic E-state index is 12.8. The molecule has 2 heterocycles. The minimum atomic E-state index is -0.301. The molecule has 1 aliphatic rings. The molecule has 138 valence electrons. The normalized spacial score (nSPS) is 16.1. The van der Waals surface area contributed by atoms with Crippen LogP contribution < -0.4 is 15.6 Å². The van der Waals surface area contributed by atoms with E-state index in [1.807, 2.05) is 39.0 Å². The van der Waals surface area contributed by atoms with Gasteiger partial charge in [-0.1, -0.05) is 24.8 Å². The number of ether oxygens (including phenoxy) is 1. The van der Waals surface area contributed by atoms with Crippen LogP contribution >= 0.6 is 11.8 Å². The Kier molecular flexibility index (Phi) is 5.36. The average molecular weight is 373 g/mol. The summed E-state index contributed by atoms with van der Waals surface area (Å²) in [5.74, 6) is 0.801. The van der Waals surface area contributed by atoms with Crippen LogP contribution in [0.25, 0.3) is 0 Å². The van der Waals surface area contributed by atoms with Crippen molar-refractivity contribution in [3.8, 4) is 5.75 Å². The average Bonchev–Trinajstić information content (AvgIpc) is 2.62. The van der Waals surface area contributed by atoms with Crippen molar-refractivity contribution in [3.05, 3.63) is 45.4 Å². The number of aromatic nitrogens is 2. The van der Waals surface area contributed by atoms with Gasteiger partial charge in [-0.25, -0.2) is 4.98 Å².